The number of hydrogen-bond donors (Lipinski definition) is 3. The van der Waals surface area contributed by atoms with Crippen molar-refractivity contribution in [2.45, 2.75) is 38.1 Å². The molecular weight excluding hydrogens is 214 g/mol. The lowest BCUT2D eigenvalue weighted by molar-refractivity contribution is -0.115. The molecule has 0 atom stereocenters. The van der Waals surface area contributed by atoms with Crippen molar-refractivity contribution in [2.75, 3.05) is 16.4 Å². The molecule has 4 heteroatoms. The molecule has 1 aliphatic heterocycles. The van der Waals surface area contributed by atoms with E-state index in [2.05, 4.69) is 10.6 Å². The second-order valence-electron chi connectivity index (χ2n) is 4.95. The predicted molar refractivity (Wildman–Crippen MR) is 69.1 cm³/mol. The SMILES string of the molecule is Nc1cc2c(cc1NC1CCCC1)NC(=O)C2. The Morgan fingerprint density at radius 3 is 2.82 bits per heavy atom. The summed E-state index contributed by atoms with van der Waals surface area (Å²) in [7, 11) is 0. The maximum Gasteiger partial charge on any atom is 0.228 e. The summed E-state index contributed by atoms with van der Waals surface area (Å²) in [6.45, 7) is 0. The van der Waals surface area contributed by atoms with E-state index in [0.717, 1.165) is 22.6 Å². The quantitative estimate of drug-likeness (QED) is 0.683. The van der Waals surface area contributed by atoms with Crippen LogP contribution in [-0.2, 0) is 11.2 Å². The second kappa shape index (κ2) is 3.95. The molecule has 90 valence electrons. The number of nitrogen functional groups attached to an aromatic ring is 1. The van der Waals surface area contributed by atoms with Gasteiger partial charge in [-0.05, 0) is 30.5 Å². The smallest absolute Gasteiger partial charge is 0.228 e. The highest BCUT2D eigenvalue weighted by molar-refractivity contribution is 6.00. The lowest BCUT2D eigenvalue weighted by Crippen LogP contribution is -2.15. The third-order valence-corrected chi connectivity index (χ3v) is 3.62. The minimum atomic E-state index is 0.0532. The Labute approximate surface area is 101 Å². The van der Waals surface area contributed by atoms with Crippen molar-refractivity contribution in [3.63, 3.8) is 0 Å². The van der Waals surface area contributed by atoms with Gasteiger partial charge in [0.1, 0.15) is 0 Å². The summed E-state index contributed by atoms with van der Waals surface area (Å²) in [6.07, 6.45) is 5.45. The molecule has 0 radical (unpaired) electrons. The minimum absolute atomic E-state index is 0.0532. The van der Waals surface area contributed by atoms with Crippen LogP contribution in [0.3, 0.4) is 0 Å². The van der Waals surface area contributed by atoms with Crippen molar-refractivity contribution in [2.24, 2.45) is 0 Å². The Kier molecular flexibility index (Phi) is 2.42. The van der Waals surface area contributed by atoms with E-state index in [9.17, 15) is 4.79 Å². The molecule has 17 heavy (non-hydrogen) atoms. The number of hydrogen-bond acceptors (Lipinski definition) is 3. The summed E-state index contributed by atoms with van der Waals surface area (Å²) >= 11 is 0. The highest BCUT2D eigenvalue weighted by atomic mass is 16.1. The van der Waals surface area contributed by atoms with Gasteiger partial charge in [-0.3, -0.25) is 4.79 Å². The molecule has 2 aliphatic rings. The van der Waals surface area contributed by atoms with Crippen LogP contribution in [0, 0.1) is 0 Å². The standard InChI is InChI=1S/C13H17N3O/c14-10-5-8-6-13(17)16-11(8)7-12(10)15-9-3-1-2-4-9/h5,7,9,15H,1-4,6,14H2,(H,16,17). The van der Waals surface area contributed by atoms with Gasteiger partial charge in [0.15, 0.2) is 0 Å². The van der Waals surface area contributed by atoms with Crippen LogP contribution in [0.15, 0.2) is 12.1 Å². The number of carbonyl (C=O) groups excluding carboxylic acids is 1. The predicted octanol–water partition coefficient (Wildman–Crippen LogP) is 2.12. The summed E-state index contributed by atoms with van der Waals surface area (Å²) in [5, 5.41) is 6.33. The van der Waals surface area contributed by atoms with Crippen molar-refractivity contribution in [3.05, 3.63) is 17.7 Å². The highest BCUT2D eigenvalue weighted by Gasteiger charge is 2.21. The lowest BCUT2D eigenvalue weighted by Gasteiger charge is -2.16. The molecule has 1 heterocycles. The maximum absolute atomic E-state index is 11.3. The average molecular weight is 231 g/mol. The molecule has 0 spiro atoms. The first-order valence-corrected chi connectivity index (χ1v) is 6.21. The fraction of sp³-hybridized carbons (Fsp3) is 0.462. The van der Waals surface area contributed by atoms with Crippen LogP contribution >= 0.6 is 0 Å². The lowest BCUT2D eigenvalue weighted by atomic mass is 10.1. The van der Waals surface area contributed by atoms with E-state index < -0.39 is 0 Å². The number of nitrogens with one attached hydrogen (secondary N) is 2. The maximum atomic E-state index is 11.3. The molecule has 0 unspecified atom stereocenters. The van der Waals surface area contributed by atoms with E-state index in [1.54, 1.807) is 0 Å². The van der Waals surface area contributed by atoms with Crippen molar-refractivity contribution < 1.29 is 4.79 Å². The van der Waals surface area contributed by atoms with E-state index in [0.29, 0.717) is 12.5 Å². The van der Waals surface area contributed by atoms with Gasteiger partial charge in [-0.25, -0.2) is 0 Å². The van der Waals surface area contributed by atoms with Crippen molar-refractivity contribution in [3.8, 4) is 0 Å². The summed E-state index contributed by atoms with van der Waals surface area (Å²) < 4.78 is 0. The molecule has 1 aliphatic carbocycles. The van der Waals surface area contributed by atoms with E-state index in [4.69, 9.17) is 5.73 Å². The molecule has 1 fully saturated rings. The number of benzene rings is 1. The van der Waals surface area contributed by atoms with E-state index in [-0.39, 0.29) is 5.91 Å². The number of nitrogens with two attached hydrogens (primary N) is 1. The van der Waals surface area contributed by atoms with Crippen LogP contribution in [0.2, 0.25) is 0 Å². The van der Waals surface area contributed by atoms with E-state index in [1.165, 1.54) is 25.7 Å². The number of anilines is 3. The molecule has 1 aromatic carbocycles. The summed E-state index contributed by atoms with van der Waals surface area (Å²) in [5.74, 6) is 0.0532. The van der Waals surface area contributed by atoms with Crippen molar-refractivity contribution in [1.82, 2.24) is 0 Å². The zero-order valence-electron chi connectivity index (χ0n) is 9.75. The van der Waals surface area contributed by atoms with Crippen LogP contribution in [-0.4, -0.2) is 11.9 Å². The van der Waals surface area contributed by atoms with E-state index >= 15 is 0 Å². The minimum Gasteiger partial charge on any atom is -0.397 e. The molecule has 0 saturated heterocycles. The largest absolute Gasteiger partial charge is 0.397 e. The second-order valence-corrected chi connectivity index (χ2v) is 4.95. The van der Waals surface area contributed by atoms with Crippen LogP contribution in [0.5, 0.6) is 0 Å². The van der Waals surface area contributed by atoms with Gasteiger partial charge in [0.05, 0.1) is 17.8 Å². The van der Waals surface area contributed by atoms with Crippen molar-refractivity contribution in [1.29, 1.82) is 0 Å². The molecule has 0 bridgehead atoms. The molecular formula is C13H17N3O. The fourth-order valence-corrected chi connectivity index (χ4v) is 2.71. The number of fused-ring (bicyclic) bond motifs is 1. The summed E-state index contributed by atoms with van der Waals surface area (Å²) in [5.41, 5.74) is 9.63. The van der Waals surface area contributed by atoms with Gasteiger partial charge in [0, 0.05) is 11.7 Å². The number of amides is 1. The monoisotopic (exact) mass is 231 g/mol. The normalized spacial score (nSPS) is 19.2. The molecule has 0 aromatic heterocycles. The molecule has 1 saturated carbocycles. The van der Waals surface area contributed by atoms with Gasteiger partial charge in [-0.15, -0.1) is 0 Å². The Hall–Kier alpha value is -1.71. The third kappa shape index (κ3) is 1.95. The van der Waals surface area contributed by atoms with Crippen LogP contribution in [0.25, 0.3) is 0 Å². The van der Waals surface area contributed by atoms with Crippen molar-refractivity contribution >= 4 is 23.0 Å². The van der Waals surface area contributed by atoms with Gasteiger partial charge in [-0.2, -0.15) is 0 Å². The van der Waals surface area contributed by atoms with Crippen LogP contribution in [0.1, 0.15) is 31.2 Å². The van der Waals surface area contributed by atoms with Crippen LogP contribution < -0.4 is 16.4 Å². The zero-order chi connectivity index (χ0) is 11.8. The van der Waals surface area contributed by atoms with Gasteiger partial charge in [0.25, 0.3) is 0 Å². The summed E-state index contributed by atoms with van der Waals surface area (Å²) in [4.78, 5) is 11.3. The average Bonchev–Trinajstić information content (AvgIpc) is 2.87. The van der Waals surface area contributed by atoms with Gasteiger partial charge < -0.3 is 16.4 Å². The Morgan fingerprint density at radius 2 is 2.06 bits per heavy atom. The van der Waals surface area contributed by atoms with E-state index in [1.807, 2.05) is 12.1 Å². The Morgan fingerprint density at radius 1 is 1.29 bits per heavy atom. The van der Waals surface area contributed by atoms with Gasteiger partial charge >= 0.3 is 0 Å². The summed E-state index contributed by atoms with van der Waals surface area (Å²) in [6, 6.07) is 4.41. The van der Waals surface area contributed by atoms with Gasteiger partial charge in [-0.1, -0.05) is 12.8 Å². The zero-order valence-corrected chi connectivity index (χ0v) is 9.75. The first-order chi connectivity index (χ1) is 8.22. The Balaban J connectivity index is 1.85. The topological polar surface area (TPSA) is 67.2 Å². The molecule has 4 nitrogen and oxygen atoms in total. The molecule has 4 N–H and O–H groups in total. The third-order valence-electron chi connectivity index (χ3n) is 3.62. The highest BCUT2D eigenvalue weighted by Crippen LogP contribution is 2.33. The van der Waals surface area contributed by atoms with Crippen LogP contribution in [0.4, 0.5) is 17.1 Å². The fourth-order valence-electron chi connectivity index (χ4n) is 2.71. The molecule has 3 rings (SSSR count). The number of rotatable bonds is 2. The first-order valence-electron chi connectivity index (χ1n) is 6.21. The number of carbonyl (C=O) groups is 1. The molecule has 1 aromatic rings. The first kappa shape index (κ1) is 10.4. The Bertz CT molecular complexity index is 464. The molecule has 1 amide bonds. The van der Waals surface area contributed by atoms with Gasteiger partial charge in [0.2, 0.25) is 5.91 Å².